The summed E-state index contributed by atoms with van der Waals surface area (Å²) in [5, 5.41) is 3.47. The van der Waals surface area contributed by atoms with Gasteiger partial charge in [0.1, 0.15) is 5.82 Å². The van der Waals surface area contributed by atoms with Crippen LogP contribution in [-0.4, -0.2) is 24.1 Å². The van der Waals surface area contributed by atoms with Crippen molar-refractivity contribution in [1.82, 2.24) is 10.3 Å². The number of pyridine rings is 1. The van der Waals surface area contributed by atoms with Gasteiger partial charge in [-0.05, 0) is 18.4 Å². The Balaban J connectivity index is 2.10. The van der Waals surface area contributed by atoms with Crippen LogP contribution in [0.1, 0.15) is 32.8 Å². The van der Waals surface area contributed by atoms with Gasteiger partial charge in [-0.1, -0.05) is 26.8 Å². The SMILES string of the molecule is CC1CCN(c2ncccc2CNC(C)C)C1. The molecule has 1 unspecified atom stereocenters. The summed E-state index contributed by atoms with van der Waals surface area (Å²) in [4.78, 5) is 6.98. The predicted molar refractivity (Wildman–Crippen MR) is 72.2 cm³/mol. The number of aromatic nitrogens is 1. The summed E-state index contributed by atoms with van der Waals surface area (Å²) in [5.41, 5.74) is 1.32. The third kappa shape index (κ3) is 3.19. The quantitative estimate of drug-likeness (QED) is 0.865. The summed E-state index contributed by atoms with van der Waals surface area (Å²) in [6.45, 7) is 9.86. The van der Waals surface area contributed by atoms with Gasteiger partial charge in [0.2, 0.25) is 0 Å². The van der Waals surface area contributed by atoms with E-state index >= 15 is 0 Å². The third-order valence-corrected chi connectivity index (χ3v) is 3.29. The topological polar surface area (TPSA) is 28.2 Å². The lowest BCUT2D eigenvalue weighted by Crippen LogP contribution is -2.26. The average molecular weight is 233 g/mol. The Morgan fingerprint density at radius 3 is 3.00 bits per heavy atom. The molecule has 0 aliphatic carbocycles. The molecule has 17 heavy (non-hydrogen) atoms. The smallest absolute Gasteiger partial charge is 0.133 e. The van der Waals surface area contributed by atoms with Gasteiger partial charge in [-0.25, -0.2) is 4.98 Å². The maximum absolute atomic E-state index is 4.56. The Morgan fingerprint density at radius 1 is 1.53 bits per heavy atom. The molecular weight excluding hydrogens is 210 g/mol. The second kappa shape index (κ2) is 5.50. The van der Waals surface area contributed by atoms with Crippen LogP contribution in [0, 0.1) is 5.92 Å². The highest BCUT2D eigenvalue weighted by molar-refractivity contribution is 5.47. The molecule has 0 aromatic carbocycles. The van der Waals surface area contributed by atoms with Gasteiger partial charge in [-0.2, -0.15) is 0 Å². The summed E-state index contributed by atoms with van der Waals surface area (Å²) in [6.07, 6.45) is 3.19. The predicted octanol–water partition coefficient (Wildman–Crippen LogP) is 2.43. The van der Waals surface area contributed by atoms with Gasteiger partial charge in [0.25, 0.3) is 0 Å². The van der Waals surface area contributed by atoms with E-state index in [4.69, 9.17) is 0 Å². The molecule has 0 bridgehead atoms. The van der Waals surface area contributed by atoms with Crippen LogP contribution in [0.5, 0.6) is 0 Å². The Morgan fingerprint density at radius 2 is 2.35 bits per heavy atom. The average Bonchev–Trinajstić information content (AvgIpc) is 2.73. The zero-order chi connectivity index (χ0) is 12.3. The van der Waals surface area contributed by atoms with Crippen molar-refractivity contribution in [3.8, 4) is 0 Å². The lowest BCUT2D eigenvalue weighted by Gasteiger charge is -2.21. The molecular formula is C14H23N3. The molecule has 1 aliphatic rings. The van der Waals surface area contributed by atoms with E-state index < -0.39 is 0 Å². The molecule has 1 aromatic heterocycles. The number of nitrogens with zero attached hydrogens (tertiary/aromatic N) is 2. The zero-order valence-electron chi connectivity index (χ0n) is 11.1. The summed E-state index contributed by atoms with van der Waals surface area (Å²) < 4.78 is 0. The van der Waals surface area contributed by atoms with Crippen molar-refractivity contribution in [3.05, 3.63) is 23.9 Å². The molecule has 1 aromatic rings. The fourth-order valence-electron chi connectivity index (χ4n) is 2.29. The van der Waals surface area contributed by atoms with E-state index in [1.54, 1.807) is 0 Å². The summed E-state index contributed by atoms with van der Waals surface area (Å²) in [5.74, 6) is 1.97. The van der Waals surface area contributed by atoms with Crippen LogP contribution >= 0.6 is 0 Å². The van der Waals surface area contributed by atoms with Crippen molar-refractivity contribution < 1.29 is 0 Å². The fourth-order valence-corrected chi connectivity index (χ4v) is 2.29. The summed E-state index contributed by atoms with van der Waals surface area (Å²) in [6, 6.07) is 4.72. The standard InChI is InChI=1S/C14H23N3/c1-11(2)16-9-13-5-4-7-15-14(13)17-8-6-12(3)10-17/h4-5,7,11-12,16H,6,8-10H2,1-3H3. The van der Waals surface area contributed by atoms with Gasteiger partial charge < -0.3 is 10.2 Å². The minimum absolute atomic E-state index is 0.514. The molecule has 1 fully saturated rings. The molecule has 2 heterocycles. The second-order valence-electron chi connectivity index (χ2n) is 5.36. The Labute approximate surface area is 104 Å². The Hall–Kier alpha value is -1.09. The Bertz CT molecular complexity index is 362. The first kappa shape index (κ1) is 12.4. The van der Waals surface area contributed by atoms with Crippen molar-refractivity contribution in [1.29, 1.82) is 0 Å². The molecule has 1 aliphatic heterocycles. The van der Waals surface area contributed by atoms with Crippen LogP contribution in [0.25, 0.3) is 0 Å². The molecule has 1 atom stereocenters. The highest BCUT2D eigenvalue weighted by Crippen LogP contribution is 2.24. The van der Waals surface area contributed by atoms with Crippen LogP contribution < -0.4 is 10.2 Å². The molecule has 1 saturated heterocycles. The van der Waals surface area contributed by atoms with Gasteiger partial charge in [0.05, 0.1) is 0 Å². The lowest BCUT2D eigenvalue weighted by molar-refractivity contribution is 0.587. The molecule has 1 N–H and O–H groups in total. The first-order chi connectivity index (χ1) is 8.16. The maximum atomic E-state index is 4.56. The van der Waals surface area contributed by atoms with Crippen molar-refractivity contribution >= 4 is 5.82 Å². The molecule has 0 saturated carbocycles. The van der Waals surface area contributed by atoms with E-state index in [0.29, 0.717) is 6.04 Å². The van der Waals surface area contributed by atoms with Crippen molar-refractivity contribution in [2.24, 2.45) is 5.92 Å². The van der Waals surface area contributed by atoms with Crippen molar-refractivity contribution in [2.45, 2.75) is 39.8 Å². The lowest BCUT2D eigenvalue weighted by atomic mass is 10.2. The van der Waals surface area contributed by atoms with Gasteiger partial charge >= 0.3 is 0 Å². The van der Waals surface area contributed by atoms with Crippen LogP contribution in [-0.2, 0) is 6.54 Å². The van der Waals surface area contributed by atoms with Crippen LogP contribution in [0.4, 0.5) is 5.82 Å². The highest BCUT2D eigenvalue weighted by Gasteiger charge is 2.21. The molecule has 0 amide bonds. The zero-order valence-corrected chi connectivity index (χ0v) is 11.1. The molecule has 2 rings (SSSR count). The largest absolute Gasteiger partial charge is 0.356 e. The number of hydrogen-bond donors (Lipinski definition) is 1. The monoisotopic (exact) mass is 233 g/mol. The maximum Gasteiger partial charge on any atom is 0.133 e. The first-order valence-electron chi connectivity index (χ1n) is 6.59. The number of rotatable bonds is 4. The fraction of sp³-hybridized carbons (Fsp3) is 0.643. The molecule has 94 valence electrons. The van der Waals surface area contributed by atoms with Gasteiger partial charge in [0, 0.05) is 37.4 Å². The van der Waals surface area contributed by atoms with Gasteiger partial charge in [0.15, 0.2) is 0 Å². The van der Waals surface area contributed by atoms with Crippen LogP contribution in [0.2, 0.25) is 0 Å². The second-order valence-corrected chi connectivity index (χ2v) is 5.36. The van der Waals surface area contributed by atoms with Gasteiger partial charge in [-0.15, -0.1) is 0 Å². The number of nitrogens with one attached hydrogen (secondary N) is 1. The number of hydrogen-bond acceptors (Lipinski definition) is 3. The Kier molecular flexibility index (Phi) is 4.00. The third-order valence-electron chi connectivity index (χ3n) is 3.29. The summed E-state index contributed by atoms with van der Waals surface area (Å²) >= 11 is 0. The van der Waals surface area contributed by atoms with Crippen LogP contribution in [0.3, 0.4) is 0 Å². The normalized spacial score (nSPS) is 20.2. The van der Waals surface area contributed by atoms with E-state index in [-0.39, 0.29) is 0 Å². The highest BCUT2D eigenvalue weighted by atomic mass is 15.2. The van der Waals surface area contributed by atoms with E-state index in [1.807, 2.05) is 12.3 Å². The van der Waals surface area contributed by atoms with E-state index in [1.165, 1.54) is 17.8 Å². The minimum atomic E-state index is 0.514. The van der Waals surface area contributed by atoms with Crippen molar-refractivity contribution in [3.63, 3.8) is 0 Å². The number of anilines is 1. The van der Waals surface area contributed by atoms with Gasteiger partial charge in [-0.3, -0.25) is 0 Å². The molecule has 0 spiro atoms. The molecule has 3 heteroatoms. The molecule has 0 radical (unpaired) electrons. The van der Waals surface area contributed by atoms with E-state index in [9.17, 15) is 0 Å². The summed E-state index contributed by atoms with van der Waals surface area (Å²) in [7, 11) is 0. The van der Waals surface area contributed by atoms with Crippen LogP contribution in [0.15, 0.2) is 18.3 Å². The van der Waals surface area contributed by atoms with E-state index in [2.05, 4.69) is 42.0 Å². The van der Waals surface area contributed by atoms with E-state index in [0.717, 1.165) is 25.6 Å². The van der Waals surface area contributed by atoms with Crippen molar-refractivity contribution in [2.75, 3.05) is 18.0 Å². The first-order valence-corrected chi connectivity index (χ1v) is 6.59. The molecule has 3 nitrogen and oxygen atoms in total. The minimum Gasteiger partial charge on any atom is -0.356 e.